The van der Waals surface area contributed by atoms with Crippen molar-refractivity contribution in [2.75, 3.05) is 27.3 Å². The van der Waals surface area contributed by atoms with Gasteiger partial charge < -0.3 is 4.74 Å². The lowest BCUT2D eigenvalue weighted by molar-refractivity contribution is 0.0365. The quantitative estimate of drug-likeness (QED) is 0.241. The van der Waals surface area contributed by atoms with Crippen molar-refractivity contribution < 1.29 is 4.74 Å². The molecule has 0 heterocycles. The molecule has 7 nitrogen and oxygen atoms in total. The van der Waals surface area contributed by atoms with E-state index in [4.69, 9.17) is 27.7 Å². The van der Waals surface area contributed by atoms with Gasteiger partial charge in [-0.1, -0.05) is 0 Å². The van der Waals surface area contributed by atoms with Crippen LogP contribution in [0.15, 0.2) is 0 Å². The summed E-state index contributed by atoms with van der Waals surface area (Å²) >= 11 is 0. The van der Waals surface area contributed by atoms with E-state index in [1.165, 1.54) is 0 Å². The molecule has 0 aliphatic carbocycles. The van der Waals surface area contributed by atoms with E-state index < -0.39 is 11.6 Å². The number of nitrogens with one attached hydrogen (secondary N) is 2. The highest BCUT2D eigenvalue weighted by atomic mass is 16.5. The fraction of sp³-hybridized carbons (Fsp3) is 1.00. The SMILES string of the molecule is CNC(N)(N)COCC(N)(N)NC. The smallest absolute Gasteiger partial charge is 0.142 e. The zero-order valence-corrected chi connectivity index (χ0v) is 8.13. The molecule has 0 bridgehead atoms. The predicted octanol–water partition coefficient (Wildman–Crippen LogP) is -3.42. The van der Waals surface area contributed by atoms with Crippen LogP contribution in [0.3, 0.4) is 0 Å². The molecule has 0 fully saturated rings. The summed E-state index contributed by atoms with van der Waals surface area (Å²) in [5.74, 6) is -2.10. The molecule has 10 N–H and O–H groups in total. The average molecular weight is 192 g/mol. The molecule has 7 heteroatoms. The Bertz CT molecular complexity index is 132. The third-order valence-electron chi connectivity index (χ3n) is 1.61. The zero-order valence-electron chi connectivity index (χ0n) is 8.13. The third kappa shape index (κ3) is 5.88. The van der Waals surface area contributed by atoms with Gasteiger partial charge in [-0.3, -0.25) is 33.6 Å². The summed E-state index contributed by atoms with van der Waals surface area (Å²) in [4.78, 5) is 0. The van der Waals surface area contributed by atoms with Gasteiger partial charge in [-0.2, -0.15) is 0 Å². The number of ether oxygens (including phenoxy) is 1. The molecule has 0 aliphatic heterocycles. The Morgan fingerprint density at radius 3 is 1.46 bits per heavy atom. The maximum atomic E-state index is 5.53. The summed E-state index contributed by atoms with van der Waals surface area (Å²) in [7, 11) is 3.28. The van der Waals surface area contributed by atoms with Gasteiger partial charge in [-0.15, -0.1) is 0 Å². The van der Waals surface area contributed by atoms with Crippen molar-refractivity contribution in [2.45, 2.75) is 11.6 Å². The van der Waals surface area contributed by atoms with Crippen LogP contribution in [0.1, 0.15) is 0 Å². The second kappa shape index (κ2) is 4.82. The maximum absolute atomic E-state index is 5.53. The summed E-state index contributed by atoms with van der Waals surface area (Å²) in [6, 6.07) is 0. The van der Waals surface area contributed by atoms with Gasteiger partial charge >= 0.3 is 0 Å². The molecule has 0 atom stereocenters. The Hall–Kier alpha value is -0.280. The first kappa shape index (κ1) is 12.7. The Labute approximate surface area is 78.1 Å². The van der Waals surface area contributed by atoms with Gasteiger partial charge in [0, 0.05) is 0 Å². The lowest BCUT2D eigenvalue weighted by Gasteiger charge is -2.27. The van der Waals surface area contributed by atoms with Crippen molar-refractivity contribution in [1.29, 1.82) is 0 Å². The van der Waals surface area contributed by atoms with E-state index in [-0.39, 0.29) is 13.2 Å². The van der Waals surface area contributed by atoms with Crippen LogP contribution in [-0.4, -0.2) is 38.9 Å². The molecule has 0 unspecified atom stereocenters. The molecule has 0 aliphatic rings. The zero-order chi connectivity index (χ0) is 10.5. The lowest BCUT2D eigenvalue weighted by atomic mass is 10.4. The molecule has 0 amide bonds. The molecule has 13 heavy (non-hydrogen) atoms. The van der Waals surface area contributed by atoms with Crippen molar-refractivity contribution in [1.82, 2.24) is 10.6 Å². The number of nitrogens with two attached hydrogens (primary N) is 4. The van der Waals surface area contributed by atoms with Gasteiger partial charge in [-0.05, 0) is 14.1 Å². The largest absolute Gasteiger partial charge is 0.372 e. The highest BCUT2D eigenvalue weighted by Gasteiger charge is 2.20. The standard InChI is InChI=1S/C6H20N6O/c1-11-5(7,8)3-13-4-6(9,10)12-2/h11-12H,3-4,7-10H2,1-2H3. The second-order valence-electron chi connectivity index (χ2n) is 3.07. The first-order valence-corrected chi connectivity index (χ1v) is 3.94. The van der Waals surface area contributed by atoms with E-state index in [1.54, 1.807) is 14.1 Å². The summed E-state index contributed by atoms with van der Waals surface area (Å²) in [6.07, 6.45) is 0. The summed E-state index contributed by atoms with van der Waals surface area (Å²) in [5, 5.41) is 5.35. The van der Waals surface area contributed by atoms with Crippen molar-refractivity contribution in [3.63, 3.8) is 0 Å². The van der Waals surface area contributed by atoms with Crippen molar-refractivity contribution in [3.05, 3.63) is 0 Å². The monoisotopic (exact) mass is 192 g/mol. The van der Waals surface area contributed by atoms with Gasteiger partial charge in [0.1, 0.15) is 11.6 Å². The topological polar surface area (TPSA) is 137 Å². The highest BCUT2D eigenvalue weighted by molar-refractivity contribution is 4.74. The van der Waals surface area contributed by atoms with Gasteiger partial charge in [0.25, 0.3) is 0 Å². The van der Waals surface area contributed by atoms with Crippen LogP contribution in [-0.2, 0) is 4.74 Å². The van der Waals surface area contributed by atoms with E-state index in [1.807, 2.05) is 0 Å². The van der Waals surface area contributed by atoms with Gasteiger partial charge in [0.15, 0.2) is 0 Å². The van der Waals surface area contributed by atoms with E-state index >= 15 is 0 Å². The number of hydrogen-bond donors (Lipinski definition) is 6. The Morgan fingerprint density at radius 2 is 1.23 bits per heavy atom. The lowest BCUT2D eigenvalue weighted by Crippen LogP contribution is -2.66. The summed E-state index contributed by atoms with van der Waals surface area (Å²) < 4.78 is 5.12. The molecule has 0 saturated carbocycles. The fourth-order valence-corrected chi connectivity index (χ4v) is 0.533. The Morgan fingerprint density at radius 1 is 0.923 bits per heavy atom. The van der Waals surface area contributed by atoms with Crippen LogP contribution in [0.2, 0.25) is 0 Å². The van der Waals surface area contributed by atoms with Crippen LogP contribution in [0.4, 0.5) is 0 Å². The minimum atomic E-state index is -1.05. The van der Waals surface area contributed by atoms with Gasteiger partial charge in [0.2, 0.25) is 0 Å². The van der Waals surface area contributed by atoms with Gasteiger partial charge in [-0.25, -0.2) is 0 Å². The molecule has 0 aromatic heterocycles. The van der Waals surface area contributed by atoms with Crippen LogP contribution < -0.4 is 33.6 Å². The minimum absolute atomic E-state index is 0.126. The van der Waals surface area contributed by atoms with Crippen molar-refractivity contribution in [2.24, 2.45) is 22.9 Å². The van der Waals surface area contributed by atoms with Crippen LogP contribution in [0.5, 0.6) is 0 Å². The third-order valence-corrected chi connectivity index (χ3v) is 1.61. The van der Waals surface area contributed by atoms with Crippen LogP contribution >= 0.6 is 0 Å². The molecule has 0 spiro atoms. The molecular formula is C6H20N6O. The van der Waals surface area contributed by atoms with Crippen LogP contribution in [0.25, 0.3) is 0 Å². The van der Waals surface area contributed by atoms with E-state index in [0.717, 1.165) is 0 Å². The van der Waals surface area contributed by atoms with Crippen molar-refractivity contribution >= 4 is 0 Å². The number of likely N-dealkylation sites (N-methyl/N-ethyl adjacent to an activating group) is 2. The summed E-state index contributed by atoms with van der Waals surface area (Å²) in [5.41, 5.74) is 22.1. The molecule has 0 aromatic rings. The maximum Gasteiger partial charge on any atom is 0.142 e. The van der Waals surface area contributed by atoms with Crippen molar-refractivity contribution in [3.8, 4) is 0 Å². The Balaban J connectivity index is 3.68. The first-order chi connectivity index (χ1) is 5.83. The highest BCUT2D eigenvalue weighted by Crippen LogP contribution is 1.90. The molecule has 0 radical (unpaired) electrons. The molecule has 0 rings (SSSR count). The normalized spacial score (nSPS) is 13.4. The Kier molecular flexibility index (Phi) is 4.71. The predicted molar refractivity (Wildman–Crippen MR) is 51.2 cm³/mol. The molecule has 80 valence electrons. The van der Waals surface area contributed by atoms with Crippen LogP contribution in [0, 0.1) is 0 Å². The van der Waals surface area contributed by atoms with E-state index in [2.05, 4.69) is 10.6 Å². The molecule has 0 aromatic carbocycles. The van der Waals surface area contributed by atoms with E-state index in [9.17, 15) is 0 Å². The first-order valence-electron chi connectivity index (χ1n) is 3.94. The average Bonchev–Trinajstić information content (AvgIpc) is 2.04. The second-order valence-corrected chi connectivity index (χ2v) is 3.07. The van der Waals surface area contributed by atoms with E-state index in [0.29, 0.717) is 0 Å². The minimum Gasteiger partial charge on any atom is -0.372 e. The molecular weight excluding hydrogens is 172 g/mol. The summed E-state index contributed by atoms with van der Waals surface area (Å²) in [6.45, 7) is 0.253. The number of hydrogen-bond acceptors (Lipinski definition) is 7. The van der Waals surface area contributed by atoms with Gasteiger partial charge in [0.05, 0.1) is 13.2 Å². The number of rotatable bonds is 6. The fourth-order valence-electron chi connectivity index (χ4n) is 0.533. The molecule has 0 saturated heterocycles.